The molecule has 0 N–H and O–H groups in total. The van der Waals surface area contributed by atoms with Crippen molar-refractivity contribution >= 4 is 17.1 Å². The third-order valence-corrected chi connectivity index (χ3v) is 17.7. The molecule has 0 aromatic heterocycles. The molecule has 0 bridgehead atoms. The molecule has 1 nitrogen and oxygen atoms in total. The van der Waals surface area contributed by atoms with Crippen LogP contribution in [0.5, 0.6) is 0 Å². The summed E-state index contributed by atoms with van der Waals surface area (Å²) >= 11 is 0. The summed E-state index contributed by atoms with van der Waals surface area (Å²) in [7, 11) is 0. The van der Waals surface area contributed by atoms with E-state index in [0.717, 1.165) is 22.6 Å². The van der Waals surface area contributed by atoms with Crippen molar-refractivity contribution in [2.75, 3.05) is 4.90 Å². The van der Waals surface area contributed by atoms with E-state index < -0.39 is 10.8 Å². The smallest absolute Gasteiger partial charge is 0.0714 e. The molecule has 1 heteroatoms. The van der Waals surface area contributed by atoms with E-state index in [1.165, 1.54) is 106 Å². The standard InChI is InChI=1S/C77H55N/c1-75(2)67-37-19-15-32-60(67)62-48-46-58(50-71(62)75)78(59-47-49-63-61-33-16-20-38-68(61)77(72(63)51-59,55-28-11-5-12-29-55)56-30-13-6-14-31-56)73-41-22-18-34-64(73)65-36-23-40-70-74(65)66-35-17-21-39-69(66)76(70,54-26-9-4-10-27-54)57-44-42-53(43-45-57)52-24-7-3-8-25-52/h3-51H,1-2H3. The lowest BCUT2D eigenvalue weighted by molar-refractivity contribution is 0.660. The Morgan fingerprint density at radius 1 is 0.244 bits per heavy atom. The van der Waals surface area contributed by atoms with Gasteiger partial charge in [0.05, 0.1) is 16.5 Å². The highest BCUT2D eigenvalue weighted by Gasteiger charge is 2.49. The topological polar surface area (TPSA) is 3.24 Å². The van der Waals surface area contributed by atoms with Crippen LogP contribution in [0.25, 0.3) is 55.6 Å². The van der Waals surface area contributed by atoms with Gasteiger partial charge in [0.15, 0.2) is 0 Å². The van der Waals surface area contributed by atoms with Crippen LogP contribution in [0.4, 0.5) is 17.1 Å². The van der Waals surface area contributed by atoms with Crippen molar-refractivity contribution in [3.05, 3.63) is 353 Å². The summed E-state index contributed by atoms with van der Waals surface area (Å²) < 4.78 is 0. The highest BCUT2D eigenvalue weighted by molar-refractivity contribution is 6.01. The van der Waals surface area contributed by atoms with Crippen molar-refractivity contribution < 1.29 is 0 Å². The maximum atomic E-state index is 2.56. The van der Waals surface area contributed by atoms with Gasteiger partial charge in [0.2, 0.25) is 0 Å². The quantitative estimate of drug-likeness (QED) is 0.139. The minimum absolute atomic E-state index is 0.202. The number of hydrogen-bond acceptors (Lipinski definition) is 1. The molecule has 0 saturated carbocycles. The second-order valence-electron chi connectivity index (χ2n) is 21.8. The Morgan fingerprint density at radius 2 is 0.628 bits per heavy atom. The Balaban J connectivity index is 0.989. The molecule has 0 saturated heterocycles. The fourth-order valence-corrected chi connectivity index (χ4v) is 14.3. The summed E-state index contributed by atoms with van der Waals surface area (Å²) in [5.74, 6) is 0. The molecule has 0 amide bonds. The third-order valence-electron chi connectivity index (χ3n) is 17.7. The zero-order valence-corrected chi connectivity index (χ0v) is 43.7. The van der Waals surface area contributed by atoms with Crippen LogP contribution in [0.2, 0.25) is 0 Å². The first-order valence-electron chi connectivity index (χ1n) is 27.4. The van der Waals surface area contributed by atoms with Crippen molar-refractivity contribution in [3.8, 4) is 55.6 Å². The number of hydrogen-bond donors (Lipinski definition) is 0. The highest BCUT2D eigenvalue weighted by Crippen LogP contribution is 2.61. The fraction of sp³-hybridized carbons (Fsp3) is 0.0649. The molecule has 368 valence electrons. The highest BCUT2D eigenvalue weighted by atomic mass is 15.1. The predicted molar refractivity (Wildman–Crippen MR) is 324 cm³/mol. The molecule has 1 unspecified atom stereocenters. The molecule has 0 heterocycles. The van der Waals surface area contributed by atoms with Gasteiger partial charge in [-0.05, 0) is 136 Å². The van der Waals surface area contributed by atoms with E-state index >= 15 is 0 Å². The van der Waals surface area contributed by atoms with Crippen LogP contribution in [0.15, 0.2) is 297 Å². The Kier molecular flexibility index (Phi) is 10.4. The maximum Gasteiger partial charge on any atom is 0.0714 e. The van der Waals surface area contributed by atoms with E-state index in [4.69, 9.17) is 0 Å². The summed E-state index contributed by atoms with van der Waals surface area (Å²) in [4.78, 5) is 2.56. The van der Waals surface area contributed by atoms with Crippen molar-refractivity contribution in [1.29, 1.82) is 0 Å². The van der Waals surface area contributed by atoms with Crippen molar-refractivity contribution in [2.24, 2.45) is 0 Å². The van der Waals surface area contributed by atoms with Gasteiger partial charge in [0.1, 0.15) is 0 Å². The third kappa shape index (κ3) is 6.55. The van der Waals surface area contributed by atoms with Gasteiger partial charge in [0, 0.05) is 22.4 Å². The molecule has 12 aromatic carbocycles. The zero-order valence-electron chi connectivity index (χ0n) is 43.7. The van der Waals surface area contributed by atoms with Gasteiger partial charge in [-0.25, -0.2) is 0 Å². The molecule has 1 atom stereocenters. The van der Waals surface area contributed by atoms with E-state index in [1.54, 1.807) is 0 Å². The molecule has 78 heavy (non-hydrogen) atoms. The SMILES string of the molecule is CC1(C)c2ccccc2-c2ccc(N(c3ccc4c(c3)C(c3ccccc3)(c3ccccc3)c3ccccc3-4)c3ccccc3-c3cccc4c3-c3ccccc3C4(c3ccccc3)c3ccc(-c4ccccc4)cc3)cc21. The van der Waals surface area contributed by atoms with Gasteiger partial charge in [0.25, 0.3) is 0 Å². The van der Waals surface area contributed by atoms with Gasteiger partial charge in [-0.3, -0.25) is 0 Å². The molecule has 0 aliphatic heterocycles. The van der Waals surface area contributed by atoms with Crippen molar-refractivity contribution in [2.45, 2.75) is 30.1 Å². The van der Waals surface area contributed by atoms with Crippen LogP contribution in [-0.2, 0) is 16.2 Å². The Bertz CT molecular complexity index is 4230. The predicted octanol–water partition coefficient (Wildman–Crippen LogP) is 19.5. The van der Waals surface area contributed by atoms with E-state index in [-0.39, 0.29) is 5.41 Å². The molecular formula is C77H55N. The Morgan fingerprint density at radius 3 is 1.23 bits per heavy atom. The first-order valence-corrected chi connectivity index (χ1v) is 27.4. The van der Waals surface area contributed by atoms with Crippen LogP contribution in [0.3, 0.4) is 0 Å². The second-order valence-corrected chi connectivity index (χ2v) is 21.8. The molecule has 3 aliphatic carbocycles. The van der Waals surface area contributed by atoms with Gasteiger partial charge in [-0.1, -0.05) is 281 Å². The minimum Gasteiger partial charge on any atom is -0.310 e. The van der Waals surface area contributed by atoms with Crippen LogP contribution >= 0.6 is 0 Å². The maximum absolute atomic E-state index is 2.56. The van der Waals surface area contributed by atoms with E-state index in [2.05, 4.69) is 316 Å². The summed E-state index contributed by atoms with van der Waals surface area (Å²) in [6.45, 7) is 4.78. The first kappa shape index (κ1) is 45.8. The Labute approximate surface area is 458 Å². The summed E-state index contributed by atoms with van der Waals surface area (Å²) in [5, 5.41) is 0. The van der Waals surface area contributed by atoms with E-state index in [1.807, 2.05) is 0 Å². The van der Waals surface area contributed by atoms with E-state index in [0.29, 0.717) is 0 Å². The van der Waals surface area contributed by atoms with E-state index in [9.17, 15) is 0 Å². The largest absolute Gasteiger partial charge is 0.310 e. The number of para-hydroxylation sites is 1. The molecule has 0 spiro atoms. The molecule has 15 rings (SSSR count). The first-order chi connectivity index (χ1) is 38.5. The normalized spacial score (nSPS) is 15.6. The molecule has 0 fully saturated rings. The number of rotatable bonds is 9. The fourth-order valence-electron chi connectivity index (χ4n) is 14.3. The van der Waals surface area contributed by atoms with Crippen LogP contribution in [-0.4, -0.2) is 0 Å². The average Bonchev–Trinajstić information content (AvgIpc) is 4.21. The van der Waals surface area contributed by atoms with Crippen molar-refractivity contribution in [3.63, 3.8) is 0 Å². The number of nitrogens with zero attached hydrogens (tertiary/aromatic N) is 1. The lowest BCUT2D eigenvalue weighted by atomic mass is 9.67. The van der Waals surface area contributed by atoms with Crippen molar-refractivity contribution in [1.82, 2.24) is 0 Å². The molecule has 0 radical (unpaired) electrons. The molecule has 3 aliphatic rings. The summed E-state index contributed by atoms with van der Waals surface area (Å²) in [6, 6.07) is 111. The molecule has 12 aromatic rings. The summed E-state index contributed by atoms with van der Waals surface area (Å²) in [6.07, 6.45) is 0. The van der Waals surface area contributed by atoms with Gasteiger partial charge >= 0.3 is 0 Å². The number of anilines is 3. The van der Waals surface area contributed by atoms with Gasteiger partial charge in [-0.2, -0.15) is 0 Å². The van der Waals surface area contributed by atoms with Crippen LogP contribution < -0.4 is 4.90 Å². The minimum atomic E-state index is -0.583. The Hall–Kier alpha value is -9.56. The number of fused-ring (bicyclic) bond motifs is 9. The monoisotopic (exact) mass is 993 g/mol. The van der Waals surface area contributed by atoms with Gasteiger partial charge < -0.3 is 4.90 Å². The molecular weight excluding hydrogens is 939 g/mol. The van der Waals surface area contributed by atoms with Crippen LogP contribution in [0, 0.1) is 0 Å². The lowest BCUT2D eigenvalue weighted by Crippen LogP contribution is -2.28. The zero-order chi connectivity index (χ0) is 52.0. The second kappa shape index (κ2) is 17.8. The number of benzene rings is 12. The van der Waals surface area contributed by atoms with Gasteiger partial charge in [-0.15, -0.1) is 0 Å². The summed E-state index contributed by atoms with van der Waals surface area (Å²) in [5.41, 5.74) is 27.2. The average molecular weight is 994 g/mol. The van der Waals surface area contributed by atoms with Crippen LogP contribution in [0.1, 0.15) is 69.5 Å². The lowest BCUT2D eigenvalue weighted by Gasteiger charge is -2.35.